The van der Waals surface area contributed by atoms with Crippen LogP contribution in [0.15, 0.2) is 6.20 Å². The molecule has 0 aromatic carbocycles. The Morgan fingerprint density at radius 2 is 2.25 bits per heavy atom. The van der Waals surface area contributed by atoms with Crippen molar-refractivity contribution in [3.8, 4) is 0 Å². The maximum absolute atomic E-state index is 5.87. The monoisotopic (exact) mass is 187 g/mol. The highest BCUT2D eigenvalue weighted by Crippen LogP contribution is 2.20. The second kappa shape index (κ2) is 3.07. The average Bonchev–Trinajstić information content (AvgIpc) is 2.33. The van der Waals surface area contributed by atoms with Crippen LogP contribution in [0.5, 0.6) is 0 Å². The molecule has 12 heavy (non-hydrogen) atoms. The van der Waals surface area contributed by atoms with Crippen LogP contribution in [0, 0.1) is 6.92 Å². The van der Waals surface area contributed by atoms with Crippen molar-refractivity contribution in [2.24, 2.45) is 5.73 Å². The van der Waals surface area contributed by atoms with E-state index in [1.54, 1.807) is 6.20 Å². The molecule has 0 unspecified atom stereocenters. The Morgan fingerprint density at radius 1 is 1.67 bits per heavy atom. The Morgan fingerprint density at radius 3 is 2.58 bits per heavy atom. The van der Waals surface area contributed by atoms with Gasteiger partial charge in [-0.25, -0.2) is 0 Å². The fourth-order valence-corrected chi connectivity index (χ4v) is 1.21. The van der Waals surface area contributed by atoms with Gasteiger partial charge in [0.05, 0.1) is 22.5 Å². The van der Waals surface area contributed by atoms with E-state index in [4.69, 9.17) is 17.3 Å². The first-order valence-electron chi connectivity index (χ1n) is 3.89. The lowest BCUT2D eigenvalue weighted by molar-refractivity contribution is 0.323. The molecule has 0 radical (unpaired) electrons. The van der Waals surface area contributed by atoms with E-state index >= 15 is 0 Å². The first kappa shape index (κ1) is 9.55. The molecule has 0 bridgehead atoms. The summed E-state index contributed by atoms with van der Waals surface area (Å²) >= 11 is 5.87. The Kier molecular flexibility index (Phi) is 2.44. The third-order valence-corrected chi connectivity index (χ3v) is 2.39. The molecule has 0 spiro atoms. The van der Waals surface area contributed by atoms with Gasteiger partial charge in [-0.1, -0.05) is 11.6 Å². The standard InChI is InChI=1S/C8H14ClN3/c1-6-7(9)4-11-12(6)8(2,3)5-10/h4H,5,10H2,1-3H3. The topological polar surface area (TPSA) is 43.8 Å². The van der Waals surface area contributed by atoms with Gasteiger partial charge in [0.2, 0.25) is 0 Å². The molecular formula is C8H14ClN3. The first-order valence-corrected chi connectivity index (χ1v) is 4.27. The zero-order valence-corrected chi connectivity index (χ0v) is 8.39. The highest BCUT2D eigenvalue weighted by Gasteiger charge is 2.21. The predicted molar refractivity (Wildman–Crippen MR) is 50.4 cm³/mol. The molecule has 4 heteroatoms. The second-order valence-corrected chi connectivity index (χ2v) is 3.91. The van der Waals surface area contributed by atoms with Crippen molar-refractivity contribution in [1.82, 2.24) is 9.78 Å². The highest BCUT2D eigenvalue weighted by molar-refractivity contribution is 6.31. The molecule has 0 atom stereocenters. The van der Waals surface area contributed by atoms with Crippen molar-refractivity contribution in [3.63, 3.8) is 0 Å². The van der Waals surface area contributed by atoms with Crippen LogP contribution in [-0.4, -0.2) is 16.3 Å². The fourth-order valence-electron chi connectivity index (χ4n) is 1.09. The molecule has 1 aromatic rings. The smallest absolute Gasteiger partial charge is 0.0815 e. The summed E-state index contributed by atoms with van der Waals surface area (Å²) in [6.45, 7) is 6.55. The van der Waals surface area contributed by atoms with Crippen molar-refractivity contribution in [1.29, 1.82) is 0 Å². The summed E-state index contributed by atoms with van der Waals surface area (Å²) in [6, 6.07) is 0. The predicted octanol–water partition coefficient (Wildman–Crippen LogP) is 1.54. The number of halogens is 1. The SMILES string of the molecule is Cc1c(Cl)cnn1C(C)(C)CN. The number of nitrogens with zero attached hydrogens (tertiary/aromatic N) is 2. The van der Waals surface area contributed by atoms with Gasteiger partial charge in [-0.3, -0.25) is 4.68 Å². The van der Waals surface area contributed by atoms with Gasteiger partial charge in [0.25, 0.3) is 0 Å². The van der Waals surface area contributed by atoms with Gasteiger partial charge in [-0.15, -0.1) is 0 Å². The lowest BCUT2D eigenvalue weighted by atomic mass is 10.1. The van der Waals surface area contributed by atoms with Crippen molar-refractivity contribution < 1.29 is 0 Å². The summed E-state index contributed by atoms with van der Waals surface area (Å²) in [5, 5.41) is 4.85. The maximum atomic E-state index is 5.87. The van der Waals surface area contributed by atoms with E-state index in [1.165, 1.54) is 0 Å². The van der Waals surface area contributed by atoms with E-state index in [-0.39, 0.29) is 5.54 Å². The minimum atomic E-state index is -0.156. The second-order valence-electron chi connectivity index (χ2n) is 3.51. The van der Waals surface area contributed by atoms with E-state index in [0.29, 0.717) is 11.6 Å². The summed E-state index contributed by atoms with van der Waals surface area (Å²) < 4.78 is 1.86. The van der Waals surface area contributed by atoms with Gasteiger partial charge in [-0.2, -0.15) is 5.10 Å². The fraction of sp³-hybridized carbons (Fsp3) is 0.625. The van der Waals surface area contributed by atoms with Crippen LogP contribution in [0.2, 0.25) is 5.02 Å². The summed E-state index contributed by atoms with van der Waals surface area (Å²) in [4.78, 5) is 0. The van der Waals surface area contributed by atoms with E-state index in [2.05, 4.69) is 5.10 Å². The van der Waals surface area contributed by atoms with Crippen LogP contribution in [-0.2, 0) is 5.54 Å². The molecule has 2 N–H and O–H groups in total. The van der Waals surface area contributed by atoms with Crippen LogP contribution < -0.4 is 5.73 Å². The molecule has 0 amide bonds. The van der Waals surface area contributed by atoms with Gasteiger partial charge in [0.1, 0.15) is 0 Å². The van der Waals surface area contributed by atoms with Crippen molar-refractivity contribution in [3.05, 3.63) is 16.9 Å². The molecule has 0 saturated heterocycles. The van der Waals surface area contributed by atoms with Gasteiger partial charge in [0.15, 0.2) is 0 Å². The molecule has 3 nitrogen and oxygen atoms in total. The largest absolute Gasteiger partial charge is 0.328 e. The van der Waals surface area contributed by atoms with Gasteiger partial charge in [0, 0.05) is 6.54 Å². The zero-order valence-electron chi connectivity index (χ0n) is 7.63. The van der Waals surface area contributed by atoms with Crippen LogP contribution in [0.4, 0.5) is 0 Å². The molecule has 1 heterocycles. The van der Waals surface area contributed by atoms with Crippen LogP contribution in [0.3, 0.4) is 0 Å². The third kappa shape index (κ3) is 1.47. The Labute approximate surface area is 77.5 Å². The zero-order chi connectivity index (χ0) is 9.35. The minimum Gasteiger partial charge on any atom is -0.328 e. The molecule has 68 valence electrons. The molecule has 0 aliphatic carbocycles. The Balaban J connectivity index is 3.11. The van der Waals surface area contributed by atoms with Crippen molar-refractivity contribution in [2.45, 2.75) is 26.3 Å². The van der Waals surface area contributed by atoms with E-state index in [1.807, 2.05) is 25.5 Å². The van der Waals surface area contributed by atoms with Crippen LogP contribution >= 0.6 is 11.6 Å². The number of nitrogens with two attached hydrogens (primary N) is 1. The number of hydrogen-bond acceptors (Lipinski definition) is 2. The molecule has 1 rings (SSSR count). The van der Waals surface area contributed by atoms with E-state index in [0.717, 1.165) is 5.69 Å². The summed E-state index contributed by atoms with van der Waals surface area (Å²) in [7, 11) is 0. The van der Waals surface area contributed by atoms with E-state index < -0.39 is 0 Å². The third-order valence-electron chi connectivity index (χ3n) is 2.02. The lowest BCUT2D eigenvalue weighted by Gasteiger charge is -2.24. The minimum absolute atomic E-state index is 0.156. The Bertz CT molecular complexity index is 278. The number of rotatable bonds is 2. The molecule has 1 aromatic heterocycles. The first-order chi connectivity index (χ1) is 5.49. The summed E-state index contributed by atoms with van der Waals surface area (Å²) in [6.07, 6.45) is 1.65. The maximum Gasteiger partial charge on any atom is 0.0815 e. The number of hydrogen-bond donors (Lipinski definition) is 1. The molecule has 0 fully saturated rings. The van der Waals surface area contributed by atoms with Crippen LogP contribution in [0.25, 0.3) is 0 Å². The number of aromatic nitrogens is 2. The van der Waals surface area contributed by atoms with E-state index in [9.17, 15) is 0 Å². The summed E-state index contributed by atoms with van der Waals surface area (Å²) in [5.41, 5.74) is 6.42. The van der Waals surface area contributed by atoms with Crippen LogP contribution in [0.1, 0.15) is 19.5 Å². The Hall–Kier alpha value is -0.540. The average molecular weight is 188 g/mol. The lowest BCUT2D eigenvalue weighted by Crippen LogP contribution is -2.36. The molecule has 0 saturated carbocycles. The van der Waals surface area contributed by atoms with Gasteiger partial charge in [-0.05, 0) is 20.8 Å². The quantitative estimate of drug-likeness (QED) is 0.764. The van der Waals surface area contributed by atoms with Gasteiger partial charge < -0.3 is 5.73 Å². The highest BCUT2D eigenvalue weighted by atomic mass is 35.5. The molecular weight excluding hydrogens is 174 g/mol. The van der Waals surface area contributed by atoms with Crippen molar-refractivity contribution >= 4 is 11.6 Å². The van der Waals surface area contributed by atoms with Crippen molar-refractivity contribution in [2.75, 3.05) is 6.54 Å². The summed E-state index contributed by atoms with van der Waals surface area (Å²) in [5.74, 6) is 0. The molecule has 0 aliphatic rings. The van der Waals surface area contributed by atoms with Gasteiger partial charge >= 0.3 is 0 Å². The molecule has 0 aliphatic heterocycles. The normalized spacial score (nSPS) is 12.1.